The summed E-state index contributed by atoms with van der Waals surface area (Å²) in [5.74, 6) is 1.34. The molecule has 9 heteroatoms. The highest BCUT2D eigenvalue weighted by molar-refractivity contribution is 7.80. The summed E-state index contributed by atoms with van der Waals surface area (Å²) in [7, 11) is 0. The summed E-state index contributed by atoms with van der Waals surface area (Å²) in [6, 6.07) is 6.34. The quantitative estimate of drug-likeness (QED) is 0.371. The number of thiocarbonyl (C=S) groups is 1. The highest BCUT2D eigenvalue weighted by Gasteiger charge is 2.23. The summed E-state index contributed by atoms with van der Waals surface area (Å²) in [6.07, 6.45) is 6.72. The summed E-state index contributed by atoms with van der Waals surface area (Å²) in [5.41, 5.74) is 3.38. The van der Waals surface area contributed by atoms with Gasteiger partial charge in [-0.3, -0.25) is 20.9 Å². The van der Waals surface area contributed by atoms with Gasteiger partial charge in [0.1, 0.15) is 5.76 Å². The van der Waals surface area contributed by atoms with Gasteiger partial charge < -0.3 is 4.42 Å². The molecule has 124 valence electrons. The van der Waals surface area contributed by atoms with Crippen LogP contribution in [0.4, 0.5) is 11.7 Å². The highest BCUT2D eigenvalue weighted by atomic mass is 32.1. The summed E-state index contributed by atoms with van der Waals surface area (Å²) >= 11 is 5.10. The van der Waals surface area contributed by atoms with E-state index in [0.29, 0.717) is 17.5 Å². The van der Waals surface area contributed by atoms with Crippen LogP contribution in [0, 0.1) is 10.1 Å². The first-order valence-corrected chi connectivity index (χ1v) is 7.83. The molecule has 8 nitrogen and oxygen atoms in total. The molecule has 1 fully saturated rings. The standard InChI is InChI=1S/C15H15N5O3S/c21-20(22)12-6-4-10(5-7-12)8-17-19-15(24)18-14-16-9-13(23-14)11-2-1-3-11/h4-9,11H,1-3H2,(H2,16,18,19,24)/b17-8+. The molecule has 0 unspecified atom stereocenters. The van der Waals surface area contributed by atoms with Gasteiger partial charge in [-0.2, -0.15) is 5.10 Å². The highest BCUT2D eigenvalue weighted by Crippen LogP contribution is 2.37. The van der Waals surface area contributed by atoms with Gasteiger partial charge in [0, 0.05) is 18.1 Å². The first kappa shape index (κ1) is 16.1. The van der Waals surface area contributed by atoms with Crippen LogP contribution < -0.4 is 10.7 Å². The second-order valence-corrected chi connectivity index (χ2v) is 5.78. The topological polar surface area (TPSA) is 106 Å². The van der Waals surface area contributed by atoms with Gasteiger partial charge in [-0.25, -0.2) is 4.98 Å². The Hall–Kier alpha value is -2.81. The van der Waals surface area contributed by atoms with Crippen molar-refractivity contribution in [1.29, 1.82) is 0 Å². The van der Waals surface area contributed by atoms with Crippen molar-refractivity contribution in [2.24, 2.45) is 5.10 Å². The van der Waals surface area contributed by atoms with Gasteiger partial charge in [-0.1, -0.05) is 6.42 Å². The third-order valence-electron chi connectivity index (χ3n) is 3.74. The maximum atomic E-state index is 10.6. The molecule has 24 heavy (non-hydrogen) atoms. The van der Waals surface area contributed by atoms with Crippen molar-refractivity contribution in [3.05, 3.63) is 51.9 Å². The molecular weight excluding hydrogens is 330 g/mol. The third-order valence-corrected chi connectivity index (χ3v) is 3.93. The maximum absolute atomic E-state index is 10.6. The molecule has 2 aromatic rings. The van der Waals surface area contributed by atoms with E-state index in [1.165, 1.54) is 24.8 Å². The smallest absolute Gasteiger partial charge is 0.301 e. The third kappa shape index (κ3) is 3.93. The molecule has 1 heterocycles. The first-order chi connectivity index (χ1) is 11.6. The molecule has 2 N–H and O–H groups in total. The fraction of sp³-hybridized carbons (Fsp3) is 0.267. The number of nitro groups is 1. The lowest BCUT2D eigenvalue weighted by atomic mass is 9.84. The first-order valence-electron chi connectivity index (χ1n) is 7.42. The number of rotatable bonds is 5. The van der Waals surface area contributed by atoms with E-state index in [0.717, 1.165) is 18.6 Å². The number of hydrazone groups is 1. The van der Waals surface area contributed by atoms with E-state index >= 15 is 0 Å². The molecule has 0 aliphatic heterocycles. The zero-order valence-corrected chi connectivity index (χ0v) is 13.5. The Morgan fingerprint density at radius 1 is 1.42 bits per heavy atom. The molecule has 0 bridgehead atoms. The van der Waals surface area contributed by atoms with E-state index in [9.17, 15) is 10.1 Å². The van der Waals surface area contributed by atoms with E-state index < -0.39 is 4.92 Å². The Bertz CT molecular complexity index is 768. The molecule has 1 aliphatic rings. The lowest BCUT2D eigenvalue weighted by molar-refractivity contribution is -0.384. The molecule has 1 saturated carbocycles. The van der Waals surface area contributed by atoms with Crippen LogP contribution in [0.25, 0.3) is 0 Å². The number of benzene rings is 1. The largest absolute Gasteiger partial charge is 0.428 e. The van der Waals surface area contributed by atoms with Crippen molar-refractivity contribution in [2.75, 3.05) is 5.32 Å². The molecule has 1 aliphatic carbocycles. The Labute approximate surface area is 143 Å². The zero-order chi connectivity index (χ0) is 16.9. The maximum Gasteiger partial charge on any atom is 0.301 e. The fourth-order valence-electron chi connectivity index (χ4n) is 2.20. The van der Waals surface area contributed by atoms with E-state index in [4.69, 9.17) is 16.6 Å². The number of oxazole rings is 1. The predicted molar refractivity (Wildman–Crippen MR) is 93.1 cm³/mol. The van der Waals surface area contributed by atoms with Crippen molar-refractivity contribution in [3.63, 3.8) is 0 Å². The summed E-state index contributed by atoms with van der Waals surface area (Å²) in [4.78, 5) is 14.3. The van der Waals surface area contributed by atoms with Crippen LogP contribution in [-0.2, 0) is 0 Å². The number of aromatic nitrogens is 1. The molecule has 3 rings (SSSR count). The van der Waals surface area contributed by atoms with Crippen LogP contribution in [0.1, 0.15) is 36.5 Å². The number of nitrogens with zero attached hydrogens (tertiary/aromatic N) is 3. The molecular formula is C15H15N5O3S. The number of anilines is 1. The lowest BCUT2D eigenvalue weighted by Gasteiger charge is -2.22. The van der Waals surface area contributed by atoms with Crippen molar-refractivity contribution < 1.29 is 9.34 Å². The summed E-state index contributed by atoms with van der Waals surface area (Å²) < 4.78 is 5.59. The monoisotopic (exact) mass is 345 g/mol. The SMILES string of the molecule is O=[N+]([O-])c1ccc(/C=N/NC(=S)Nc2ncc(C3CCC3)o2)cc1. The Balaban J connectivity index is 1.49. The number of hydrogen-bond donors (Lipinski definition) is 2. The molecule has 0 amide bonds. The van der Waals surface area contributed by atoms with E-state index in [1.54, 1.807) is 18.3 Å². The molecule has 1 aromatic carbocycles. The second kappa shape index (κ2) is 7.18. The van der Waals surface area contributed by atoms with Crippen LogP contribution in [0.5, 0.6) is 0 Å². The Morgan fingerprint density at radius 3 is 2.79 bits per heavy atom. The van der Waals surface area contributed by atoms with Gasteiger partial charge in [0.15, 0.2) is 5.11 Å². The van der Waals surface area contributed by atoms with Gasteiger partial charge >= 0.3 is 6.01 Å². The average Bonchev–Trinajstić information content (AvgIpc) is 2.93. The Morgan fingerprint density at radius 2 is 2.17 bits per heavy atom. The predicted octanol–water partition coefficient (Wildman–Crippen LogP) is 3.17. The number of non-ortho nitro benzene ring substituents is 1. The average molecular weight is 345 g/mol. The van der Waals surface area contributed by atoms with Crippen LogP contribution >= 0.6 is 12.2 Å². The van der Waals surface area contributed by atoms with E-state index in [-0.39, 0.29) is 10.8 Å². The number of nitrogens with one attached hydrogen (secondary N) is 2. The second-order valence-electron chi connectivity index (χ2n) is 5.37. The minimum absolute atomic E-state index is 0.0310. The van der Waals surface area contributed by atoms with Crippen molar-refractivity contribution in [1.82, 2.24) is 10.4 Å². The Kier molecular flexibility index (Phi) is 4.80. The van der Waals surface area contributed by atoms with Crippen molar-refractivity contribution >= 4 is 35.2 Å². The minimum Gasteiger partial charge on any atom is -0.428 e. The molecule has 0 atom stereocenters. The fourth-order valence-corrected chi connectivity index (χ4v) is 2.34. The summed E-state index contributed by atoms with van der Waals surface area (Å²) in [5, 5.41) is 17.6. The molecule has 0 saturated heterocycles. The van der Waals surface area contributed by atoms with Crippen molar-refractivity contribution in [3.8, 4) is 0 Å². The van der Waals surface area contributed by atoms with E-state index in [2.05, 4.69) is 20.8 Å². The zero-order valence-electron chi connectivity index (χ0n) is 12.6. The minimum atomic E-state index is -0.452. The van der Waals surface area contributed by atoms with E-state index in [1.807, 2.05) is 0 Å². The van der Waals surface area contributed by atoms with Gasteiger partial charge in [0.25, 0.3) is 5.69 Å². The molecule has 0 spiro atoms. The van der Waals surface area contributed by atoms with Crippen molar-refractivity contribution in [2.45, 2.75) is 25.2 Å². The van der Waals surface area contributed by atoms with Gasteiger partial charge in [-0.15, -0.1) is 0 Å². The van der Waals surface area contributed by atoms with Gasteiger partial charge in [0.2, 0.25) is 0 Å². The number of hydrogen-bond acceptors (Lipinski definition) is 6. The van der Waals surface area contributed by atoms with Gasteiger partial charge in [0.05, 0.1) is 17.3 Å². The van der Waals surface area contributed by atoms with Crippen LogP contribution in [-0.4, -0.2) is 21.2 Å². The molecule has 0 radical (unpaired) electrons. The lowest BCUT2D eigenvalue weighted by Crippen LogP contribution is -2.24. The van der Waals surface area contributed by atoms with Gasteiger partial charge in [-0.05, 0) is 42.8 Å². The van der Waals surface area contributed by atoms with Crippen LogP contribution in [0.15, 0.2) is 40.0 Å². The molecule has 1 aromatic heterocycles. The summed E-state index contributed by atoms with van der Waals surface area (Å²) in [6.45, 7) is 0. The van der Waals surface area contributed by atoms with Crippen LogP contribution in [0.3, 0.4) is 0 Å². The van der Waals surface area contributed by atoms with Crippen LogP contribution in [0.2, 0.25) is 0 Å². The normalized spacial score (nSPS) is 14.3. The number of nitro benzene ring substituents is 1.